The van der Waals surface area contributed by atoms with Gasteiger partial charge >= 0.3 is 5.97 Å². The van der Waals surface area contributed by atoms with Crippen LogP contribution in [-0.2, 0) is 4.74 Å². The molecule has 0 radical (unpaired) electrons. The van der Waals surface area contributed by atoms with Gasteiger partial charge in [-0.15, -0.1) is 0 Å². The lowest BCUT2D eigenvalue weighted by atomic mass is 9.98. The van der Waals surface area contributed by atoms with E-state index in [1.165, 1.54) is 38.5 Å². The van der Waals surface area contributed by atoms with E-state index in [-0.39, 0.29) is 17.4 Å². The Bertz CT molecular complexity index is 422. The molecule has 0 atom stereocenters. The van der Waals surface area contributed by atoms with E-state index in [9.17, 15) is 9.90 Å². The van der Waals surface area contributed by atoms with E-state index in [0.29, 0.717) is 5.75 Å². The SMILES string of the molecule is COC(=O)c1ccc(OC2CCCCC2)cc1O. The molecule has 1 N–H and O–H groups in total. The quantitative estimate of drug-likeness (QED) is 0.838. The molecule has 0 spiro atoms. The minimum Gasteiger partial charge on any atom is -0.507 e. The second kappa shape index (κ2) is 5.76. The van der Waals surface area contributed by atoms with Crippen LogP contribution in [0, 0.1) is 0 Å². The number of hydrogen-bond donors (Lipinski definition) is 1. The van der Waals surface area contributed by atoms with Crippen LogP contribution in [0.2, 0.25) is 0 Å². The van der Waals surface area contributed by atoms with Gasteiger partial charge in [0.25, 0.3) is 0 Å². The number of phenols is 1. The molecule has 0 aliphatic heterocycles. The number of phenolic OH excluding ortho intramolecular Hbond substituents is 1. The molecule has 0 unspecified atom stereocenters. The summed E-state index contributed by atoms with van der Waals surface area (Å²) in [7, 11) is 1.29. The van der Waals surface area contributed by atoms with Crippen molar-refractivity contribution in [3.8, 4) is 11.5 Å². The average Bonchev–Trinajstić information content (AvgIpc) is 2.39. The Labute approximate surface area is 107 Å². The number of ether oxygens (including phenoxy) is 2. The molecular weight excluding hydrogens is 232 g/mol. The first-order chi connectivity index (χ1) is 8.70. The van der Waals surface area contributed by atoms with Gasteiger partial charge in [-0.25, -0.2) is 4.79 Å². The minimum atomic E-state index is -0.545. The third-order valence-electron chi connectivity index (χ3n) is 3.23. The molecule has 1 aliphatic rings. The molecule has 98 valence electrons. The molecule has 1 aliphatic carbocycles. The van der Waals surface area contributed by atoms with Gasteiger partial charge in [-0.1, -0.05) is 6.42 Å². The van der Waals surface area contributed by atoms with E-state index in [1.807, 2.05) is 0 Å². The molecule has 0 bridgehead atoms. The van der Waals surface area contributed by atoms with Crippen LogP contribution in [0.3, 0.4) is 0 Å². The Hall–Kier alpha value is -1.71. The van der Waals surface area contributed by atoms with E-state index < -0.39 is 5.97 Å². The molecule has 0 heterocycles. The zero-order chi connectivity index (χ0) is 13.0. The lowest BCUT2D eigenvalue weighted by Gasteiger charge is -2.23. The normalized spacial score (nSPS) is 16.3. The van der Waals surface area contributed by atoms with E-state index in [4.69, 9.17) is 4.74 Å². The van der Waals surface area contributed by atoms with Crippen LogP contribution in [0.4, 0.5) is 0 Å². The summed E-state index contributed by atoms with van der Waals surface area (Å²) in [6, 6.07) is 4.70. The van der Waals surface area contributed by atoms with E-state index >= 15 is 0 Å². The van der Waals surface area contributed by atoms with Gasteiger partial charge in [0.15, 0.2) is 0 Å². The van der Waals surface area contributed by atoms with Crippen molar-refractivity contribution in [3.63, 3.8) is 0 Å². The van der Waals surface area contributed by atoms with Gasteiger partial charge in [0, 0.05) is 6.07 Å². The van der Waals surface area contributed by atoms with Gasteiger partial charge in [0.2, 0.25) is 0 Å². The highest BCUT2D eigenvalue weighted by Crippen LogP contribution is 2.28. The lowest BCUT2D eigenvalue weighted by Crippen LogP contribution is -2.19. The smallest absolute Gasteiger partial charge is 0.341 e. The molecule has 18 heavy (non-hydrogen) atoms. The first kappa shape index (κ1) is 12.7. The standard InChI is InChI=1S/C14H18O4/c1-17-14(16)12-8-7-11(9-13(12)15)18-10-5-3-2-4-6-10/h7-10,15H,2-6H2,1H3. The summed E-state index contributed by atoms with van der Waals surface area (Å²) in [5, 5.41) is 9.74. The number of rotatable bonds is 3. The van der Waals surface area contributed by atoms with Gasteiger partial charge in [-0.3, -0.25) is 0 Å². The molecule has 2 rings (SSSR count). The van der Waals surface area contributed by atoms with Crippen molar-refractivity contribution in [3.05, 3.63) is 23.8 Å². The van der Waals surface area contributed by atoms with E-state index in [2.05, 4.69) is 4.74 Å². The van der Waals surface area contributed by atoms with Gasteiger partial charge in [-0.2, -0.15) is 0 Å². The van der Waals surface area contributed by atoms with E-state index in [1.54, 1.807) is 6.07 Å². The predicted octanol–water partition coefficient (Wildman–Crippen LogP) is 2.89. The number of benzene rings is 1. The van der Waals surface area contributed by atoms with Crippen molar-refractivity contribution in [2.45, 2.75) is 38.2 Å². The molecule has 4 nitrogen and oxygen atoms in total. The molecule has 1 fully saturated rings. The Morgan fingerprint density at radius 3 is 2.61 bits per heavy atom. The van der Waals surface area contributed by atoms with Crippen molar-refractivity contribution >= 4 is 5.97 Å². The zero-order valence-electron chi connectivity index (χ0n) is 10.5. The highest BCUT2D eigenvalue weighted by molar-refractivity contribution is 5.92. The third-order valence-corrected chi connectivity index (χ3v) is 3.23. The maximum absolute atomic E-state index is 11.3. The van der Waals surface area contributed by atoms with Crippen LogP contribution in [0.15, 0.2) is 18.2 Å². The average molecular weight is 250 g/mol. The van der Waals surface area contributed by atoms with Crippen LogP contribution in [0.1, 0.15) is 42.5 Å². The summed E-state index contributed by atoms with van der Waals surface area (Å²) in [5.41, 5.74) is 0.161. The molecule has 4 heteroatoms. The number of aromatic hydroxyl groups is 1. The maximum atomic E-state index is 11.3. The number of carbonyl (C=O) groups is 1. The van der Waals surface area contributed by atoms with Crippen molar-refractivity contribution in [1.29, 1.82) is 0 Å². The van der Waals surface area contributed by atoms with Crippen LogP contribution >= 0.6 is 0 Å². The fourth-order valence-electron chi connectivity index (χ4n) is 2.24. The Kier molecular flexibility index (Phi) is 4.07. The van der Waals surface area contributed by atoms with Crippen LogP contribution in [-0.4, -0.2) is 24.3 Å². The summed E-state index contributed by atoms with van der Waals surface area (Å²) in [4.78, 5) is 11.3. The van der Waals surface area contributed by atoms with Crippen molar-refractivity contribution in [2.24, 2.45) is 0 Å². The van der Waals surface area contributed by atoms with Crippen molar-refractivity contribution < 1.29 is 19.4 Å². The monoisotopic (exact) mass is 250 g/mol. The number of hydrogen-bond acceptors (Lipinski definition) is 4. The van der Waals surface area contributed by atoms with E-state index in [0.717, 1.165) is 12.8 Å². The van der Waals surface area contributed by atoms with Gasteiger partial charge in [-0.05, 0) is 37.8 Å². The number of methoxy groups -OCH3 is 1. The number of esters is 1. The predicted molar refractivity (Wildman–Crippen MR) is 66.9 cm³/mol. The highest BCUT2D eigenvalue weighted by atomic mass is 16.5. The molecule has 0 amide bonds. The Balaban J connectivity index is 2.06. The largest absolute Gasteiger partial charge is 0.507 e. The van der Waals surface area contributed by atoms with Gasteiger partial charge < -0.3 is 14.6 Å². The minimum absolute atomic E-state index is 0.102. The summed E-state index contributed by atoms with van der Waals surface area (Å²) < 4.78 is 10.4. The zero-order valence-corrected chi connectivity index (χ0v) is 10.5. The summed E-state index contributed by atoms with van der Waals surface area (Å²) >= 11 is 0. The molecule has 0 aromatic heterocycles. The van der Waals surface area contributed by atoms with Gasteiger partial charge in [0.05, 0.1) is 13.2 Å². The second-order valence-electron chi connectivity index (χ2n) is 4.55. The fraction of sp³-hybridized carbons (Fsp3) is 0.500. The Morgan fingerprint density at radius 1 is 1.28 bits per heavy atom. The third kappa shape index (κ3) is 2.94. The van der Waals surface area contributed by atoms with Gasteiger partial charge in [0.1, 0.15) is 17.1 Å². The first-order valence-corrected chi connectivity index (χ1v) is 6.28. The number of carbonyl (C=O) groups excluding carboxylic acids is 1. The van der Waals surface area contributed by atoms with Crippen LogP contribution in [0.5, 0.6) is 11.5 Å². The summed E-state index contributed by atoms with van der Waals surface area (Å²) in [6.45, 7) is 0. The van der Waals surface area contributed by atoms with Crippen molar-refractivity contribution in [1.82, 2.24) is 0 Å². The van der Waals surface area contributed by atoms with Crippen LogP contribution in [0.25, 0.3) is 0 Å². The molecule has 1 aromatic carbocycles. The van der Waals surface area contributed by atoms with Crippen molar-refractivity contribution in [2.75, 3.05) is 7.11 Å². The second-order valence-corrected chi connectivity index (χ2v) is 4.55. The lowest BCUT2D eigenvalue weighted by molar-refractivity contribution is 0.0597. The fourth-order valence-corrected chi connectivity index (χ4v) is 2.24. The molecule has 1 saturated carbocycles. The maximum Gasteiger partial charge on any atom is 0.341 e. The summed E-state index contributed by atoms with van der Waals surface area (Å²) in [5.74, 6) is -0.0427. The first-order valence-electron chi connectivity index (χ1n) is 6.28. The Morgan fingerprint density at radius 2 is 2.00 bits per heavy atom. The summed E-state index contributed by atoms with van der Waals surface area (Å²) in [6.07, 6.45) is 5.99. The van der Waals surface area contributed by atoms with Crippen LogP contribution < -0.4 is 4.74 Å². The topological polar surface area (TPSA) is 55.8 Å². The molecular formula is C14H18O4. The highest BCUT2D eigenvalue weighted by Gasteiger charge is 2.17. The molecule has 1 aromatic rings. The molecule has 0 saturated heterocycles.